The molecule has 1 N–H and O–H groups in total. The van der Waals surface area contributed by atoms with Crippen molar-refractivity contribution in [1.82, 2.24) is 0 Å². The number of rotatable bonds is 8. The van der Waals surface area contributed by atoms with Gasteiger partial charge in [0, 0.05) is 0 Å². The van der Waals surface area contributed by atoms with Crippen LogP contribution >= 0.6 is 18.6 Å². The SMILES string of the molecule is CCCS(CCC)(CCC)O[PH](=O)O.[NaH]. The van der Waals surface area contributed by atoms with Crippen LogP contribution in [0.4, 0.5) is 0 Å². The topological polar surface area (TPSA) is 46.5 Å². The van der Waals surface area contributed by atoms with Crippen LogP contribution in [0.2, 0.25) is 0 Å². The molecular weight excluding hydrogens is 242 g/mol. The summed E-state index contributed by atoms with van der Waals surface area (Å²) < 4.78 is 16.2. The van der Waals surface area contributed by atoms with Crippen LogP contribution in [0.25, 0.3) is 0 Å². The van der Waals surface area contributed by atoms with Crippen molar-refractivity contribution in [2.45, 2.75) is 40.0 Å². The Morgan fingerprint density at radius 2 is 1.40 bits per heavy atom. The van der Waals surface area contributed by atoms with Crippen LogP contribution in [0.1, 0.15) is 40.0 Å². The van der Waals surface area contributed by atoms with Gasteiger partial charge in [0.2, 0.25) is 0 Å². The summed E-state index contributed by atoms with van der Waals surface area (Å²) in [6.07, 6.45) is 3.10. The third kappa shape index (κ3) is 8.25. The van der Waals surface area contributed by atoms with E-state index in [0.29, 0.717) is 0 Å². The van der Waals surface area contributed by atoms with Crippen LogP contribution in [-0.2, 0) is 8.54 Å². The molecule has 0 aromatic rings. The predicted molar refractivity (Wildman–Crippen MR) is 72.5 cm³/mol. The van der Waals surface area contributed by atoms with E-state index in [2.05, 4.69) is 20.8 Å². The van der Waals surface area contributed by atoms with Crippen molar-refractivity contribution in [2.24, 2.45) is 0 Å². The van der Waals surface area contributed by atoms with Gasteiger partial charge >= 0.3 is 37.8 Å². The first-order chi connectivity index (χ1) is 6.60. The van der Waals surface area contributed by atoms with Gasteiger partial charge in [0.05, 0.1) is 0 Å². The standard InChI is InChI=1S/C9H23O3PS.Na.H/c1-4-7-14(8-5-2,9-6-3)12-13(10)11;;/h13H,4-9H2,1-3H3,(H,10,11);;. The van der Waals surface area contributed by atoms with E-state index in [1.165, 1.54) is 0 Å². The van der Waals surface area contributed by atoms with Crippen molar-refractivity contribution in [3.05, 3.63) is 0 Å². The quantitative estimate of drug-likeness (QED) is 0.542. The van der Waals surface area contributed by atoms with E-state index in [1.807, 2.05) is 0 Å². The molecule has 0 aliphatic heterocycles. The van der Waals surface area contributed by atoms with Gasteiger partial charge in [-0.05, 0) is 36.5 Å². The van der Waals surface area contributed by atoms with Crippen LogP contribution in [-0.4, -0.2) is 51.7 Å². The molecule has 1 unspecified atom stereocenters. The summed E-state index contributed by atoms with van der Waals surface area (Å²) in [5.74, 6) is 2.89. The normalized spacial score (nSPS) is 14.4. The molecule has 0 aliphatic rings. The molecule has 0 aliphatic carbocycles. The summed E-state index contributed by atoms with van der Waals surface area (Å²) in [6.45, 7) is 6.31. The molecular formula is C9H24NaO3PS. The molecule has 90 valence electrons. The van der Waals surface area contributed by atoms with E-state index in [-0.39, 0.29) is 29.6 Å². The molecule has 0 radical (unpaired) electrons. The first kappa shape index (κ1) is 18.9. The van der Waals surface area contributed by atoms with Gasteiger partial charge in [0.25, 0.3) is 0 Å². The molecule has 0 saturated heterocycles. The van der Waals surface area contributed by atoms with Gasteiger partial charge in [-0.1, -0.05) is 20.8 Å². The molecule has 0 saturated carbocycles. The maximum absolute atomic E-state index is 10.8. The molecule has 0 aromatic heterocycles. The predicted octanol–water partition coefficient (Wildman–Crippen LogP) is 2.69. The van der Waals surface area contributed by atoms with Crippen molar-refractivity contribution < 1.29 is 13.4 Å². The molecule has 0 spiro atoms. The zero-order valence-corrected chi connectivity index (χ0v) is 11.2. The van der Waals surface area contributed by atoms with Crippen molar-refractivity contribution in [1.29, 1.82) is 0 Å². The first-order valence-electron chi connectivity index (χ1n) is 5.29. The Morgan fingerprint density at radius 3 is 1.60 bits per heavy atom. The van der Waals surface area contributed by atoms with Crippen molar-refractivity contribution in [3.63, 3.8) is 0 Å². The summed E-state index contributed by atoms with van der Waals surface area (Å²) in [5.41, 5.74) is 0. The third-order valence-corrected chi connectivity index (χ3v) is 7.42. The second-order valence-corrected chi connectivity index (χ2v) is 7.78. The van der Waals surface area contributed by atoms with Crippen molar-refractivity contribution in [2.75, 3.05) is 17.3 Å². The number of hydrogen-bond acceptors (Lipinski definition) is 2. The molecule has 0 amide bonds. The van der Waals surface area contributed by atoms with Gasteiger partial charge in [-0.3, -0.25) is 8.54 Å². The summed E-state index contributed by atoms with van der Waals surface area (Å²) in [4.78, 5) is 8.91. The maximum atomic E-state index is 10.8. The molecule has 15 heavy (non-hydrogen) atoms. The van der Waals surface area contributed by atoms with Crippen molar-refractivity contribution >= 4 is 48.1 Å². The van der Waals surface area contributed by atoms with Crippen LogP contribution in [0.3, 0.4) is 0 Å². The average Bonchev–Trinajstić information content (AvgIpc) is 2.03. The average molecular weight is 266 g/mol. The molecule has 1 atom stereocenters. The van der Waals surface area contributed by atoms with Gasteiger partial charge < -0.3 is 4.89 Å². The second-order valence-electron chi connectivity index (χ2n) is 3.43. The Balaban J connectivity index is 0. The van der Waals surface area contributed by atoms with E-state index in [0.717, 1.165) is 36.5 Å². The van der Waals surface area contributed by atoms with Crippen LogP contribution in [0.5, 0.6) is 0 Å². The van der Waals surface area contributed by atoms with E-state index in [9.17, 15) is 4.57 Å². The third-order valence-electron chi connectivity index (χ3n) is 1.98. The minimum absolute atomic E-state index is 0. The van der Waals surface area contributed by atoms with Gasteiger partial charge in [-0.15, -0.1) is 10.3 Å². The molecule has 0 rings (SSSR count). The fraction of sp³-hybridized carbons (Fsp3) is 1.00. The Bertz CT molecular complexity index is 164. The van der Waals surface area contributed by atoms with E-state index < -0.39 is 18.6 Å². The zero-order chi connectivity index (χ0) is 11.0. The zero-order valence-electron chi connectivity index (χ0n) is 9.41. The van der Waals surface area contributed by atoms with Crippen LogP contribution in [0.15, 0.2) is 0 Å². The summed E-state index contributed by atoms with van der Waals surface area (Å²) >= 11 is 0. The van der Waals surface area contributed by atoms with Gasteiger partial charge in [-0.2, -0.15) is 0 Å². The van der Waals surface area contributed by atoms with Gasteiger partial charge in [0.1, 0.15) is 0 Å². The summed E-state index contributed by atoms with van der Waals surface area (Å²) in [7, 11) is -4.03. The van der Waals surface area contributed by atoms with Crippen LogP contribution in [0, 0.1) is 0 Å². The molecule has 0 fully saturated rings. The van der Waals surface area contributed by atoms with E-state index in [4.69, 9.17) is 8.86 Å². The molecule has 0 heterocycles. The monoisotopic (exact) mass is 266 g/mol. The first-order valence-corrected chi connectivity index (χ1v) is 8.61. The van der Waals surface area contributed by atoms with Crippen molar-refractivity contribution in [3.8, 4) is 0 Å². The Kier molecular flexibility index (Phi) is 13.4. The fourth-order valence-electron chi connectivity index (χ4n) is 1.70. The summed E-state index contributed by atoms with van der Waals surface area (Å²) in [6, 6.07) is 0. The van der Waals surface area contributed by atoms with E-state index in [1.54, 1.807) is 0 Å². The molecule has 6 heteroatoms. The Hall–Kier alpha value is 1.50. The minimum atomic E-state index is -2.77. The van der Waals surface area contributed by atoms with Crippen LogP contribution < -0.4 is 0 Å². The van der Waals surface area contributed by atoms with E-state index >= 15 is 0 Å². The molecule has 0 bridgehead atoms. The Labute approximate surface area is 118 Å². The van der Waals surface area contributed by atoms with Gasteiger partial charge in [0.15, 0.2) is 0 Å². The fourth-order valence-corrected chi connectivity index (χ4v) is 6.75. The second kappa shape index (κ2) is 10.6. The molecule has 3 nitrogen and oxygen atoms in total. The van der Waals surface area contributed by atoms with Gasteiger partial charge in [-0.25, -0.2) is 0 Å². The Morgan fingerprint density at radius 1 is 1.07 bits per heavy atom. The number of hydrogen-bond donors (Lipinski definition) is 1. The summed E-state index contributed by atoms with van der Waals surface area (Å²) in [5, 5.41) is 0. The molecule has 0 aromatic carbocycles.